The van der Waals surface area contributed by atoms with Crippen LogP contribution in [0.2, 0.25) is 0 Å². The van der Waals surface area contributed by atoms with Crippen LogP contribution in [-0.2, 0) is 14.3 Å². The molecule has 3 atom stereocenters. The van der Waals surface area contributed by atoms with Gasteiger partial charge in [0.25, 0.3) is 0 Å². The van der Waals surface area contributed by atoms with Crippen molar-refractivity contribution in [2.75, 3.05) is 19.7 Å². The number of rotatable bonds is 4. The number of carbonyl (C=O) groups excluding carboxylic acids is 2. The summed E-state index contributed by atoms with van der Waals surface area (Å²) in [7, 11) is 0. The predicted octanol–water partition coefficient (Wildman–Crippen LogP) is 1.17. The number of esters is 1. The molecule has 5 heteroatoms. The Labute approximate surface area is 121 Å². The molecule has 2 aliphatic rings. The molecule has 0 saturated carbocycles. The van der Waals surface area contributed by atoms with E-state index in [1.807, 2.05) is 11.8 Å². The van der Waals surface area contributed by atoms with Crippen molar-refractivity contribution in [3.63, 3.8) is 0 Å². The number of piperidine rings is 1. The monoisotopic (exact) mass is 282 g/mol. The molecule has 1 N–H and O–H groups in total. The molecule has 0 aromatic heterocycles. The second kappa shape index (κ2) is 6.57. The van der Waals surface area contributed by atoms with Crippen LogP contribution in [0.5, 0.6) is 0 Å². The predicted molar refractivity (Wildman–Crippen MR) is 76.1 cm³/mol. The summed E-state index contributed by atoms with van der Waals surface area (Å²) in [6.07, 6.45) is 2.44. The van der Waals surface area contributed by atoms with E-state index in [2.05, 4.69) is 19.2 Å². The van der Waals surface area contributed by atoms with Gasteiger partial charge in [-0.2, -0.15) is 0 Å². The summed E-state index contributed by atoms with van der Waals surface area (Å²) in [5, 5.41) is 3.35. The first-order valence-electron chi connectivity index (χ1n) is 7.71. The van der Waals surface area contributed by atoms with E-state index in [0.717, 1.165) is 25.9 Å². The van der Waals surface area contributed by atoms with Crippen LogP contribution in [-0.4, -0.2) is 48.6 Å². The molecule has 2 aliphatic heterocycles. The summed E-state index contributed by atoms with van der Waals surface area (Å²) in [5.41, 5.74) is 0. The fourth-order valence-electron chi connectivity index (χ4n) is 3.21. The van der Waals surface area contributed by atoms with Gasteiger partial charge in [0.2, 0.25) is 5.91 Å². The molecule has 1 amide bonds. The third-order valence-corrected chi connectivity index (χ3v) is 4.22. The highest BCUT2D eigenvalue weighted by atomic mass is 16.5. The van der Waals surface area contributed by atoms with Crippen molar-refractivity contribution < 1.29 is 14.3 Å². The van der Waals surface area contributed by atoms with Gasteiger partial charge in [-0.25, -0.2) is 0 Å². The molecule has 0 aromatic rings. The van der Waals surface area contributed by atoms with Crippen molar-refractivity contribution >= 4 is 11.9 Å². The van der Waals surface area contributed by atoms with Gasteiger partial charge in [-0.1, -0.05) is 13.8 Å². The Hall–Kier alpha value is -1.10. The summed E-state index contributed by atoms with van der Waals surface area (Å²) in [6.45, 7) is 7.93. The third-order valence-electron chi connectivity index (χ3n) is 4.22. The van der Waals surface area contributed by atoms with Gasteiger partial charge in [0.15, 0.2) is 0 Å². The molecule has 2 saturated heterocycles. The number of likely N-dealkylation sites (tertiary alicyclic amines) is 1. The molecular formula is C15H26N2O3. The zero-order valence-electron chi connectivity index (χ0n) is 12.7. The third kappa shape index (κ3) is 3.51. The summed E-state index contributed by atoms with van der Waals surface area (Å²) in [5.74, 6) is 0.971. The van der Waals surface area contributed by atoms with Gasteiger partial charge in [-0.3, -0.25) is 14.9 Å². The number of carbonyl (C=O) groups is 2. The van der Waals surface area contributed by atoms with Crippen LogP contribution in [0.1, 0.15) is 40.0 Å². The molecule has 0 aliphatic carbocycles. The maximum Gasteiger partial charge on any atom is 0.323 e. The van der Waals surface area contributed by atoms with E-state index in [1.165, 1.54) is 0 Å². The minimum Gasteiger partial charge on any atom is -0.465 e. The molecule has 114 valence electrons. The van der Waals surface area contributed by atoms with Gasteiger partial charge in [-0.05, 0) is 31.6 Å². The molecule has 0 radical (unpaired) electrons. The number of amides is 1. The number of ether oxygens (including phenoxy) is 1. The normalized spacial score (nSPS) is 29.4. The lowest BCUT2D eigenvalue weighted by Crippen LogP contribution is -2.50. The Morgan fingerprint density at radius 1 is 1.40 bits per heavy atom. The number of hydrogen-bond donors (Lipinski definition) is 1. The summed E-state index contributed by atoms with van der Waals surface area (Å²) in [4.78, 5) is 25.9. The molecule has 0 unspecified atom stereocenters. The first kappa shape index (κ1) is 15.3. The SMILES string of the molecule is CCOC(=O)[C@@H]1C[C@@H]2CCN(C(=O)CC(C)C)C[C@@H]2N1. The Kier molecular flexibility index (Phi) is 5.02. The van der Waals surface area contributed by atoms with Crippen LogP contribution in [0, 0.1) is 11.8 Å². The van der Waals surface area contributed by atoms with E-state index in [1.54, 1.807) is 0 Å². The lowest BCUT2D eigenvalue weighted by Gasteiger charge is -2.35. The van der Waals surface area contributed by atoms with Crippen molar-refractivity contribution in [1.29, 1.82) is 0 Å². The van der Waals surface area contributed by atoms with Crippen molar-refractivity contribution in [3.05, 3.63) is 0 Å². The second-order valence-electron chi connectivity index (χ2n) is 6.30. The fraction of sp³-hybridized carbons (Fsp3) is 0.867. The van der Waals surface area contributed by atoms with Gasteiger partial charge < -0.3 is 9.64 Å². The lowest BCUT2D eigenvalue weighted by molar-refractivity contribution is -0.145. The van der Waals surface area contributed by atoms with Crippen molar-refractivity contribution in [3.8, 4) is 0 Å². The highest BCUT2D eigenvalue weighted by molar-refractivity contribution is 5.77. The van der Waals surface area contributed by atoms with Gasteiger partial charge in [0.05, 0.1) is 6.61 Å². The van der Waals surface area contributed by atoms with Crippen LogP contribution >= 0.6 is 0 Å². The quantitative estimate of drug-likeness (QED) is 0.787. The van der Waals surface area contributed by atoms with Gasteiger partial charge in [-0.15, -0.1) is 0 Å². The van der Waals surface area contributed by atoms with E-state index in [9.17, 15) is 9.59 Å². The van der Waals surface area contributed by atoms with Gasteiger partial charge in [0.1, 0.15) is 6.04 Å². The molecule has 2 rings (SSSR count). The summed E-state index contributed by atoms with van der Waals surface area (Å²) < 4.78 is 5.08. The van der Waals surface area contributed by atoms with Crippen LogP contribution < -0.4 is 5.32 Å². The fourth-order valence-corrected chi connectivity index (χ4v) is 3.21. The standard InChI is InChI=1S/C15H26N2O3/c1-4-20-15(19)12-8-11-5-6-17(9-13(11)16-12)14(18)7-10(2)3/h10-13,16H,4-9H2,1-3H3/t11-,12-,13-/m0/s1. The average Bonchev–Trinajstić information content (AvgIpc) is 2.80. The Morgan fingerprint density at radius 2 is 2.15 bits per heavy atom. The molecule has 0 bridgehead atoms. The first-order chi connectivity index (χ1) is 9.51. The molecule has 5 nitrogen and oxygen atoms in total. The molecule has 2 heterocycles. The molecule has 0 aromatic carbocycles. The van der Waals surface area contributed by atoms with Crippen LogP contribution in [0.4, 0.5) is 0 Å². The molecular weight excluding hydrogens is 256 g/mol. The maximum absolute atomic E-state index is 12.1. The summed E-state index contributed by atoms with van der Waals surface area (Å²) >= 11 is 0. The Bertz CT molecular complexity index is 370. The molecule has 0 spiro atoms. The number of nitrogens with zero attached hydrogens (tertiary/aromatic N) is 1. The average molecular weight is 282 g/mol. The minimum absolute atomic E-state index is 0.151. The van der Waals surface area contributed by atoms with Crippen molar-refractivity contribution in [1.82, 2.24) is 10.2 Å². The minimum atomic E-state index is -0.190. The van der Waals surface area contributed by atoms with E-state index in [-0.39, 0.29) is 24.0 Å². The number of fused-ring (bicyclic) bond motifs is 1. The summed E-state index contributed by atoms with van der Waals surface area (Å²) in [6, 6.07) is 0.0550. The van der Waals surface area contributed by atoms with Crippen molar-refractivity contribution in [2.45, 2.75) is 52.1 Å². The van der Waals surface area contributed by atoms with Crippen LogP contribution in [0.25, 0.3) is 0 Å². The lowest BCUT2D eigenvalue weighted by atomic mass is 9.91. The maximum atomic E-state index is 12.1. The number of nitrogens with one attached hydrogen (secondary N) is 1. The van der Waals surface area contributed by atoms with Gasteiger partial charge in [0, 0.05) is 25.6 Å². The molecule has 20 heavy (non-hydrogen) atoms. The van der Waals surface area contributed by atoms with E-state index in [0.29, 0.717) is 24.9 Å². The Balaban J connectivity index is 1.88. The van der Waals surface area contributed by atoms with Crippen molar-refractivity contribution in [2.24, 2.45) is 11.8 Å². The second-order valence-corrected chi connectivity index (χ2v) is 6.30. The zero-order chi connectivity index (χ0) is 14.7. The largest absolute Gasteiger partial charge is 0.465 e. The smallest absolute Gasteiger partial charge is 0.323 e. The number of hydrogen-bond acceptors (Lipinski definition) is 4. The topological polar surface area (TPSA) is 58.6 Å². The highest BCUT2D eigenvalue weighted by Crippen LogP contribution is 2.29. The first-order valence-corrected chi connectivity index (χ1v) is 7.71. The zero-order valence-corrected chi connectivity index (χ0v) is 12.7. The molecule has 2 fully saturated rings. The van der Waals surface area contributed by atoms with E-state index < -0.39 is 0 Å². The van der Waals surface area contributed by atoms with E-state index >= 15 is 0 Å². The Morgan fingerprint density at radius 3 is 2.80 bits per heavy atom. The van der Waals surface area contributed by atoms with Gasteiger partial charge >= 0.3 is 5.97 Å². The van der Waals surface area contributed by atoms with Crippen LogP contribution in [0.3, 0.4) is 0 Å². The van der Waals surface area contributed by atoms with E-state index in [4.69, 9.17) is 4.74 Å². The van der Waals surface area contributed by atoms with Crippen LogP contribution in [0.15, 0.2) is 0 Å². The highest BCUT2D eigenvalue weighted by Gasteiger charge is 2.41.